The Balaban J connectivity index is 1.80. The Labute approximate surface area is 148 Å². The third-order valence-electron chi connectivity index (χ3n) is 4.30. The van der Waals surface area contributed by atoms with Crippen LogP contribution < -0.4 is 5.32 Å². The van der Waals surface area contributed by atoms with Crippen molar-refractivity contribution >= 4 is 16.7 Å². The molecule has 0 bridgehead atoms. The first-order valence-corrected chi connectivity index (χ1v) is 9.72. The maximum Gasteiger partial charge on any atom is 0.251 e. The van der Waals surface area contributed by atoms with Gasteiger partial charge < -0.3 is 10.1 Å². The summed E-state index contributed by atoms with van der Waals surface area (Å²) in [6.45, 7) is 0.662. The van der Waals surface area contributed by atoms with E-state index in [4.69, 9.17) is 4.74 Å². The molecule has 4 nitrogen and oxygen atoms in total. The van der Waals surface area contributed by atoms with Crippen molar-refractivity contribution in [1.29, 1.82) is 0 Å². The minimum atomic E-state index is -1.08. The molecule has 0 aliphatic carbocycles. The Bertz CT molecular complexity index is 755. The van der Waals surface area contributed by atoms with Gasteiger partial charge in [0.25, 0.3) is 5.91 Å². The third-order valence-corrected chi connectivity index (χ3v) is 5.24. The summed E-state index contributed by atoms with van der Waals surface area (Å²) >= 11 is 0. The second-order valence-corrected chi connectivity index (χ2v) is 7.41. The van der Waals surface area contributed by atoms with Crippen LogP contribution in [0.1, 0.15) is 34.8 Å². The van der Waals surface area contributed by atoms with Gasteiger partial charge >= 0.3 is 0 Å². The fourth-order valence-electron chi connectivity index (χ4n) is 2.95. The summed E-state index contributed by atoms with van der Waals surface area (Å²) < 4.78 is 30.4. The van der Waals surface area contributed by atoms with E-state index in [-0.39, 0.29) is 23.9 Å². The Morgan fingerprint density at radius 3 is 2.44 bits per heavy atom. The summed E-state index contributed by atoms with van der Waals surface area (Å²) in [5.41, 5.74) is 1.30. The van der Waals surface area contributed by atoms with Crippen LogP contribution in [-0.2, 0) is 15.5 Å². The summed E-state index contributed by atoms with van der Waals surface area (Å²) in [4.78, 5) is 13.3. The molecule has 3 atom stereocenters. The molecule has 1 aliphatic rings. The van der Waals surface area contributed by atoms with Gasteiger partial charge in [0.15, 0.2) is 0 Å². The number of nitrogens with one attached hydrogen (secondary N) is 1. The van der Waals surface area contributed by atoms with Gasteiger partial charge in [0, 0.05) is 34.1 Å². The highest BCUT2D eigenvalue weighted by atomic mass is 32.2. The number of benzene rings is 2. The molecule has 132 valence electrons. The topological polar surface area (TPSA) is 55.4 Å². The van der Waals surface area contributed by atoms with Gasteiger partial charge in [0.2, 0.25) is 0 Å². The number of amides is 1. The Morgan fingerprint density at radius 2 is 1.88 bits per heavy atom. The van der Waals surface area contributed by atoms with Crippen LogP contribution in [0.3, 0.4) is 0 Å². The molecular weight excluding hydrogens is 341 g/mol. The van der Waals surface area contributed by atoms with Gasteiger partial charge in [0.1, 0.15) is 5.82 Å². The summed E-state index contributed by atoms with van der Waals surface area (Å²) in [7, 11) is -1.08. The third kappa shape index (κ3) is 4.32. The van der Waals surface area contributed by atoms with Crippen LogP contribution in [0.5, 0.6) is 0 Å². The van der Waals surface area contributed by atoms with Gasteiger partial charge in [-0.3, -0.25) is 9.00 Å². The van der Waals surface area contributed by atoms with Crippen LogP contribution in [0.4, 0.5) is 4.39 Å². The molecule has 0 radical (unpaired) electrons. The standard InChI is InChI=1S/C19H20FNO3S/c1-25(23)16-10-6-14(7-11-16)19(22)21-18(17-3-2-12-24-17)13-4-8-15(20)9-5-13/h4-11,17-18H,2-3,12H2,1H3,(H,21,22). The van der Waals surface area contributed by atoms with E-state index in [0.29, 0.717) is 17.1 Å². The highest BCUT2D eigenvalue weighted by Crippen LogP contribution is 2.27. The number of ether oxygens (including phenoxy) is 1. The number of carbonyl (C=O) groups excluding carboxylic acids is 1. The van der Waals surface area contributed by atoms with Gasteiger partial charge in [-0.05, 0) is 54.8 Å². The van der Waals surface area contributed by atoms with Crippen molar-refractivity contribution < 1.29 is 18.1 Å². The molecule has 1 heterocycles. The van der Waals surface area contributed by atoms with Crippen molar-refractivity contribution in [3.63, 3.8) is 0 Å². The van der Waals surface area contributed by atoms with Crippen LogP contribution >= 0.6 is 0 Å². The molecule has 1 amide bonds. The lowest BCUT2D eigenvalue weighted by molar-refractivity contribution is 0.0672. The minimum absolute atomic E-state index is 0.128. The average Bonchev–Trinajstić information content (AvgIpc) is 3.15. The SMILES string of the molecule is CS(=O)c1ccc(C(=O)NC(c2ccc(F)cc2)C2CCCO2)cc1. The maximum absolute atomic E-state index is 13.2. The van der Waals surface area contributed by atoms with E-state index in [1.54, 1.807) is 42.7 Å². The molecule has 1 saturated heterocycles. The molecule has 25 heavy (non-hydrogen) atoms. The zero-order valence-electron chi connectivity index (χ0n) is 13.9. The number of carbonyl (C=O) groups is 1. The first kappa shape index (κ1) is 17.8. The van der Waals surface area contributed by atoms with Crippen LogP contribution in [0.15, 0.2) is 53.4 Å². The zero-order valence-corrected chi connectivity index (χ0v) is 14.7. The van der Waals surface area contributed by atoms with E-state index >= 15 is 0 Å². The lowest BCUT2D eigenvalue weighted by Gasteiger charge is -2.25. The number of rotatable bonds is 5. The monoisotopic (exact) mass is 361 g/mol. The molecule has 2 aromatic carbocycles. The molecule has 0 saturated carbocycles. The van der Waals surface area contributed by atoms with E-state index in [9.17, 15) is 13.4 Å². The Morgan fingerprint density at radius 1 is 1.20 bits per heavy atom. The molecule has 1 aliphatic heterocycles. The normalized spacial score (nSPS) is 19.4. The lowest BCUT2D eigenvalue weighted by atomic mass is 9.98. The molecule has 3 unspecified atom stereocenters. The maximum atomic E-state index is 13.2. The second kappa shape index (κ2) is 7.89. The summed E-state index contributed by atoms with van der Waals surface area (Å²) in [6, 6.07) is 12.5. The molecular formula is C19H20FNO3S. The first-order chi connectivity index (χ1) is 12.0. The predicted molar refractivity (Wildman–Crippen MR) is 94.4 cm³/mol. The largest absolute Gasteiger partial charge is 0.376 e. The van der Waals surface area contributed by atoms with E-state index in [0.717, 1.165) is 18.4 Å². The number of hydrogen-bond donors (Lipinski definition) is 1. The molecule has 6 heteroatoms. The molecule has 2 aromatic rings. The summed E-state index contributed by atoms with van der Waals surface area (Å²) in [5, 5.41) is 3.00. The highest BCUT2D eigenvalue weighted by molar-refractivity contribution is 7.84. The average molecular weight is 361 g/mol. The zero-order chi connectivity index (χ0) is 17.8. The van der Waals surface area contributed by atoms with Gasteiger partial charge in [-0.2, -0.15) is 0 Å². The summed E-state index contributed by atoms with van der Waals surface area (Å²) in [5.74, 6) is -0.553. The van der Waals surface area contributed by atoms with Crippen LogP contribution in [0, 0.1) is 5.82 Å². The fraction of sp³-hybridized carbons (Fsp3) is 0.316. The van der Waals surface area contributed by atoms with Crippen molar-refractivity contribution in [2.75, 3.05) is 12.9 Å². The van der Waals surface area contributed by atoms with E-state index in [2.05, 4.69) is 5.32 Å². The molecule has 3 rings (SSSR count). The van der Waals surface area contributed by atoms with Crippen molar-refractivity contribution in [3.05, 3.63) is 65.5 Å². The second-order valence-electron chi connectivity index (χ2n) is 6.03. The highest BCUT2D eigenvalue weighted by Gasteiger charge is 2.29. The van der Waals surface area contributed by atoms with Crippen molar-refractivity contribution in [1.82, 2.24) is 5.32 Å². The Hall–Kier alpha value is -2.05. The summed E-state index contributed by atoms with van der Waals surface area (Å²) in [6.07, 6.45) is 3.25. The first-order valence-electron chi connectivity index (χ1n) is 8.16. The van der Waals surface area contributed by atoms with Gasteiger partial charge in [-0.15, -0.1) is 0 Å². The molecule has 1 N–H and O–H groups in total. The Kier molecular flexibility index (Phi) is 5.60. The van der Waals surface area contributed by atoms with Gasteiger partial charge in [-0.1, -0.05) is 12.1 Å². The smallest absolute Gasteiger partial charge is 0.251 e. The molecule has 0 aromatic heterocycles. The van der Waals surface area contributed by atoms with E-state index in [1.807, 2.05) is 0 Å². The fourth-order valence-corrected chi connectivity index (χ4v) is 3.47. The number of halogens is 1. The quantitative estimate of drug-likeness (QED) is 0.890. The van der Waals surface area contributed by atoms with E-state index < -0.39 is 10.8 Å². The van der Waals surface area contributed by atoms with Crippen molar-refractivity contribution in [3.8, 4) is 0 Å². The van der Waals surface area contributed by atoms with Gasteiger partial charge in [-0.25, -0.2) is 4.39 Å². The lowest BCUT2D eigenvalue weighted by Crippen LogP contribution is -2.36. The van der Waals surface area contributed by atoms with Gasteiger partial charge in [0.05, 0.1) is 12.1 Å². The van der Waals surface area contributed by atoms with Crippen LogP contribution in [-0.4, -0.2) is 29.1 Å². The van der Waals surface area contributed by atoms with Crippen molar-refractivity contribution in [2.45, 2.75) is 29.9 Å². The minimum Gasteiger partial charge on any atom is -0.376 e. The molecule has 1 fully saturated rings. The number of hydrogen-bond acceptors (Lipinski definition) is 3. The van der Waals surface area contributed by atoms with Crippen LogP contribution in [0.25, 0.3) is 0 Å². The molecule has 0 spiro atoms. The predicted octanol–water partition coefficient (Wildman–Crippen LogP) is 3.21. The van der Waals surface area contributed by atoms with Crippen molar-refractivity contribution in [2.24, 2.45) is 0 Å². The van der Waals surface area contributed by atoms with Crippen LogP contribution in [0.2, 0.25) is 0 Å². The van der Waals surface area contributed by atoms with E-state index in [1.165, 1.54) is 12.1 Å².